The maximum absolute atomic E-state index is 12.9. The van der Waals surface area contributed by atoms with Crippen LogP contribution in [0.3, 0.4) is 0 Å². The monoisotopic (exact) mass is 1130 g/mol. The van der Waals surface area contributed by atoms with E-state index in [9.17, 15) is 14.4 Å². The van der Waals surface area contributed by atoms with E-state index in [0.29, 0.717) is 12.8 Å². The van der Waals surface area contributed by atoms with E-state index in [0.717, 1.165) is 141 Å². The van der Waals surface area contributed by atoms with E-state index in [1.54, 1.807) is 0 Å². The second-order valence-electron chi connectivity index (χ2n) is 22.3. The van der Waals surface area contributed by atoms with Crippen LogP contribution in [-0.2, 0) is 28.6 Å². The SMILES string of the molecule is CC/C=C\C/C=C\C/C=C\C/C=C\C/C=C\CCCCCCCCCCCCCCCCCCCC(=O)OCC(COC(=O)CCCCCCC/C=C\CCCCC)OC(=O)CCCCC/C=C\C/C=C\C/C=C\C/C=C\C/C=C\CC. The fourth-order valence-corrected chi connectivity index (χ4v) is 9.32. The lowest BCUT2D eigenvalue weighted by Gasteiger charge is -2.18. The average Bonchev–Trinajstić information content (AvgIpc) is 3.47. The van der Waals surface area contributed by atoms with Gasteiger partial charge < -0.3 is 14.2 Å². The van der Waals surface area contributed by atoms with Crippen LogP contribution in [0.25, 0.3) is 0 Å². The summed E-state index contributed by atoms with van der Waals surface area (Å²) in [6, 6.07) is 0. The van der Waals surface area contributed by atoms with Crippen LogP contribution in [0.2, 0.25) is 0 Å². The van der Waals surface area contributed by atoms with Gasteiger partial charge in [0.15, 0.2) is 6.10 Å². The Morgan fingerprint density at radius 3 is 0.768 bits per heavy atom. The summed E-state index contributed by atoms with van der Waals surface area (Å²) < 4.78 is 16.9. The Morgan fingerprint density at radius 2 is 0.476 bits per heavy atom. The molecule has 0 aromatic carbocycles. The predicted molar refractivity (Wildman–Crippen MR) is 357 cm³/mol. The van der Waals surface area contributed by atoms with Gasteiger partial charge in [-0.15, -0.1) is 0 Å². The second-order valence-corrected chi connectivity index (χ2v) is 22.3. The topological polar surface area (TPSA) is 78.9 Å². The number of esters is 3. The molecule has 0 spiro atoms. The van der Waals surface area contributed by atoms with Gasteiger partial charge in [-0.3, -0.25) is 14.4 Å². The highest BCUT2D eigenvalue weighted by Gasteiger charge is 2.19. The lowest BCUT2D eigenvalue weighted by Crippen LogP contribution is -2.30. The molecule has 0 amide bonds. The van der Waals surface area contributed by atoms with Crippen molar-refractivity contribution in [2.45, 2.75) is 316 Å². The first-order chi connectivity index (χ1) is 40.5. The molecule has 0 aromatic heterocycles. The summed E-state index contributed by atoms with van der Waals surface area (Å²) >= 11 is 0. The molecule has 1 atom stereocenters. The summed E-state index contributed by atoms with van der Waals surface area (Å²) in [5.41, 5.74) is 0. The van der Waals surface area contributed by atoms with Gasteiger partial charge in [0.05, 0.1) is 0 Å². The van der Waals surface area contributed by atoms with E-state index in [-0.39, 0.29) is 37.5 Å². The highest BCUT2D eigenvalue weighted by Crippen LogP contribution is 2.16. The Morgan fingerprint density at radius 1 is 0.256 bits per heavy atom. The minimum absolute atomic E-state index is 0.0948. The molecule has 0 heterocycles. The molecule has 0 fully saturated rings. The second kappa shape index (κ2) is 69.0. The van der Waals surface area contributed by atoms with Gasteiger partial charge in [0.25, 0.3) is 0 Å². The lowest BCUT2D eigenvalue weighted by molar-refractivity contribution is -0.167. The van der Waals surface area contributed by atoms with Crippen molar-refractivity contribution in [3.63, 3.8) is 0 Å². The Kier molecular flexibility index (Phi) is 65.3. The number of ether oxygens (including phenoxy) is 3. The summed E-state index contributed by atoms with van der Waals surface area (Å²) in [6.07, 6.45) is 97.7. The van der Waals surface area contributed by atoms with E-state index in [1.807, 2.05) is 0 Å². The van der Waals surface area contributed by atoms with Crippen molar-refractivity contribution in [1.29, 1.82) is 0 Å². The van der Waals surface area contributed by atoms with Gasteiger partial charge in [-0.2, -0.15) is 0 Å². The molecular formula is C76H126O6. The molecule has 0 N–H and O–H groups in total. The number of allylic oxidation sites excluding steroid dienone is 22. The summed E-state index contributed by atoms with van der Waals surface area (Å²) in [6.45, 7) is 6.37. The first-order valence-electron chi connectivity index (χ1n) is 34.2. The number of carbonyl (C=O) groups is 3. The molecule has 6 nitrogen and oxygen atoms in total. The normalized spacial score (nSPS) is 13.0. The highest BCUT2D eigenvalue weighted by molar-refractivity contribution is 5.71. The van der Waals surface area contributed by atoms with Crippen LogP contribution in [0, 0.1) is 0 Å². The third kappa shape index (κ3) is 66.4. The third-order valence-electron chi connectivity index (χ3n) is 14.4. The van der Waals surface area contributed by atoms with E-state index in [1.165, 1.54) is 128 Å². The molecule has 1 unspecified atom stereocenters. The van der Waals surface area contributed by atoms with E-state index < -0.39 is 6.10 Å². The van der Waals surface area contributed by atoms with Gasteiger partial charge in [0.1, 0.15) is 13.2 Å². The highest BCUT2D eigenvalue weighted by atomic mass is 16.6. The van der Waals surface area contributed by atoms with Gasteiger partial charge in [0, 0.05) is 19.3 Å². The van der Waals surface area contributed by atoms with Crippen LogP contribution in [-0.4, -0.2) is 37.2 Å². The summed E-state index contributed by atoms with van der Waals surface area (Å²) in [5.74, 6) is -0.930. The number of unbranched alkanes of at least 4 members (excludes halogenated alkanes) is 28. The third-order valence-corrected chi connectivity index (χ3v) is 14.4. The smallest absolute Gasteiger partial charge is 0.306 e. The Bertz CT molecular complexity index is 1730. The van der Waals surface area contributed by atoms with Gasteiger partial charge in [0.2, 0.25) is 0 Å². The van der Waals surface area contributed by atoms with Crippen LogP contribution in [0.15, 0.2) is 134 Å². The largest absolute Gasteiger partial charge is 0.462 e. The standard InChI is InChI=1S/C76H126O6/c1-4-7-10-13-16-19-22-25-27-29-31-32-33-34-35-36-37-38-39-40-41-42-43-44-46-47-49-51-54-57-60-63-66-69-75(78)81-72-73(71-80-74(77)68-65-62-59-56-53-24-21-18-15-12-9-6-3)82-76(79)70-67-64-61-58-55-52-50-48-45-30-28-26-23-20-17-14-11-8-5-2/h7-8,10-11,16-21,25-28,31-32,34-35,45,48,52,55,73H,4-6,9,12-15,22-24,29-30,33,36-44,46-47,49-51,53-54,56-72H2,1-3H3/b10-7-,11-8-,19-16-,20-17-,21-18-,27-25-,28-26-,32-31-,35-34-,48-45-,55-52-. The van der Waals surface area contributed by atoms with Crippen LogP contribution in [0.1, 0.15) is 310 Å². The van der Waals surface area contributed by atoms with Crippen molar-refractivity contribution in [2.75, 3.05) is 13.2 Å². The van der Waals surface area contributed by atoms with Gasteiger partial charge >= 0.3 is 17.9 Å². The van der Waals surface area contributed by atoms with Gasteiger partial charge in [-0.25, -0.2) is 0 Å². The van der Waals surface area contributed by atoms with Crippen molar-refractivity contribution in [3.8, 4) is 0 Å². The molecular weight excluding hydrogens is 1010 g/mol. The van der Waals surface area contributed by atoms with Crippen molar-refractivity contribution >= 4 is 17.9 Å². The summed E-state index contributed by atoms with van der Waals surface area (Å²) in [7, 11) is 0. The number of hydrogen-bond acceptors (Lipinski definition) is 6. The van der Waals surface area contributed by atoms with E-state index in [4.69, 9.17) is 14.2 Å². The quantitative estimate of drug-likeness (QED) is 0.0261. The fourth-order valence-electron chi connectivity index (χ4n) is 9.32. The maximum Gasteiger partial charge on any atom is 0.306 e. The van der Waals surface area contributed by atoms with Crippen LogP contribution in [0.4, 0.5) is 0 Å². The van der Waals surface area contributed by atoms with Crippen molar-refractivity contribution in [1.82, 2.24) is 0 Å². The Labute approximate surface area is 506 Å². The molecule has 0 aromatic rings. The summed E-state index contributed by atoms with van der Waals surface area (Å²) in [4.78, 5) is 38.3. The number of rotatable bonds is 61. The molecule has 82 heavy (non-hydrogen) atoms. The minimum atomic E-state index is -0.802. The van der Waals surface area contributed by atoms with Crippen molar-refractivity contribution in [2.24, 2.45) is 0 Å². The molecule has 0 rings (SSSR count). The Hall–Kier alpha value is -4.45. The lowest BCUT2D eigenvalue weighted by atomic mass is 10.0. The van der Waals surface area contributed by atoms with Crippen LogP contribution >= 0.6 is 0 Å². The molecule has 466 valence electrons. The predicted octanol–water partition coefficient (Wildman–Crippen LogP) is 23.7. The van der Waals surface area contributed by atoms with E-state index >= 15 is 0 Å². The van der Waals surface area contributed by atoms with Crippen LogP contribution < -0.4 is 0 Å². The molecule has 0 bridgehead atoms. The zero-order valence-electron chi connectivity index (χ0n) is 53.5. The molecule has 0 saturated heterocycles. The molecule has 0 aliphatic heterocycles. The van der Waals surface area contributed by atoms with Crippen LogP contribution in [0.5, 0.6) is 0 Å². The zero-order chi connectivity index (χ0) is 59.2. The molecule has 0 radical (unpaired) electrons. The van der Waals surface area contributed by atoms with Crippen molar-refractivity contribution in [3.05, 3.63) is 134 Å². The number of hydrogen-bond donors (Lipinski definition) is 0. The molecule has 6 heteroatoms. The number of carbonyl (C=O) groups excluding carboxylic acids is 3. The first-order valence-corrected chi connectivity index (χ1v) is 34.2. The molecule has 0 aliphatic carbocycles. The first kappa shape index (κ1) is 77.5. The maximum atomic E-state index is 12.9. The summed E-state index contributed by atoms with van der Waals surface area (Å²) in [5, 5.41) is 0. The van der Waals surface area contributed by atoms with Gasteiger partial charge in [-0.1, -0.05) is 289 Å². The fraction of sp³-hybridized carbons (Fsp3) is 0.671. The van der Waals surface area contributed by atoms with Crippen molar-refractivity contribution < 1.29 is 28.6 Å². The molecule has 0 aliphatic rings. The van der Waals surface area contributed by atoms with Gasteiger partial charge in [-0.05, 0) is 135 Å². The molecule has 0 saturated carbocycles. The average molecular weight is 1140 g/mol. The minimum Gasteiger partial charge on any atom is -0.462 e. The van der Waals surface area contributed by atoms with E-state index in [2.05, 4.69) is 154 Å². The Balaban J connectivity index is 4.23. The zero-order valence-corrected chi connectivity index (χ0v) is 53.5.